The Morgan fingerprint density at radius 1 is 1.29 bits per heavy atom. The fourth-order valence-corrected chi connectivity index (χ4v) is 1.69. The molecular weight excluding hydrogens is 174 g/mol. The van der Waals surface area contributed by atoms with Gasteiger partial charge < -0.3 is 10.1 Å². The van der Waals surface area contributed by atoms with Crippen molar-refractivity contribution in [1.82, 2.24) is 5.32 Å². The van der Waals surface area contributed by atoms with Crippen LogP contribution >= 0.6 is 0 Å². The molecule has 0 saturated carbocycles. The Labute approximate surface area is 88.4 Å². The minimum Gasteiger partial charge on any atom is -0.377 e. The highest BCUT2D eigenvalue weighted by molar-refractivity contribution is 4.68. The van der Waals surface area contributed by atoms with E-state index in [1.54, 1.807) is 0 Å². The fraction of sp³-hybridized carbons (Fsp3) is 1.00. The van der Waals surface area contributed by atoms with Crippen molar-refractivity contribution < 1.29 is 4.74 Å². The van der Waals surface area contributed by atoms with Crippen molar-refractivity contribution >= 4 is 0 Å². The van der Waals surface area contributed by atoms with Crippen molar-refractivity contribution in [2.45, 2.75) is 52.6 Å². The average molecular weight is 199 g/mol. The SMILES string of the molecule is CC(C)(C)CCNCC1CCCCO1. The van der Waals surface area contributed by atoms with Gasteiger partial charge in [-0.2, -0.15) is 0 Å². The predicted molar refractivity (Wildman–Crippen MR) is 60.5 cm³/mol. The van der Waals surface area contributed by atoms with Gasteiger partial charge in [0.05, 0.1) is 6.10 Å². The van der Waals surface area contributed by atoms with Crippen molar-refractivity contribution in [3.05, 3.63) is 0 Å². The Balaban J connectivity index is 1.97. The van der Waals surface area contributed by atoms with Crippen molar-refractivity contribution in [3.8, 4) is 0 Å². The Morgan fingerprint density at radius 2 is 2.07 bits per heavy atom. The second kappa shape index (κ2) is 5.72. The zero-order chi connectivity index (χ0) is 10.4. The van der Waals surface area contributed by atoms with E-state index in [0.717, 1.165) is 19.7 Å². The summed E-state index contributed by atoms with van der Waals surface area (Å²) in [7, 11) is 0. The standard InChI is InChI=1S/C12H25NO/c1-12(2,3)7-8-13-10-11-6-4-5-9-14-11/h11,13H,4-10H2,1-3H3. The maximum Gasteiger partial charge on any atom is 0.0699 e. The molecule has 0 aromatic carbocycles. The molecule has 0 amide bonds. The van der Waals surface area contributed by atoms with Gasteiger partial charge in [-0.25, -0.2) is 0 Å². The van der Waals surface area contributed by atoms with E-state index in [-0.39, 0.29) is 0 Å². The molecule has 1 unspecified atom stereocenters. The summed E-state index contributed by atoms with van der Waals surface area (Å²) in [5, 5.41) is 3.49. The number of rotatable bonds is 4. The molecule has 14 heavy (non-hydrogen) atoms. The van der Waals surface area contributed by atoms with E-state index in [0.29, 0.717) is 11.5 Å². The number of ether oxygens (including phenoxy) is 1. The van der Waals surface area contributed by atoms with Crippen LogP contribution in [0.25, 0.3) is 0 Å². The van der Waals surface area contributed by atoms with Crippen molar-refractivity contribution in [3.63, 3.8) is 0 Å². The molecule has 0 radical (unpaired) electrons. The minimum atomic E-state index is 0.445. The highest BCUT2D eigenvalue weighted by Gasteiger charge is 2.14. The molecule has 84 valence electrons. The quantitative estimate of drug-likeness (QED) is 0.703. The summed E-state index contributed by atoms with van der Waals surface area (Å²) in [5.41, 5.74) is 0.445. The van der Waals surface area contributed by atoms with Crippen LogP contribution in [0.2, 0.25) is 0 Å². The van der Waals surface area contributed by atoms with E-state index in [9.17, 15) is 0 Å². The molecule has 1 aliphatic heterocycles. The van der Waals surface area contributed by atoms with E-state index in [4.69, 9.17) is 4.74 Å². The molecule has 1 fully saturated rings. The van der Waals surface area contributed by atoms with Crippen LogP contribution in [0.15, 0.2) is 0 Å². The van der Waals surface area contributed by atoms with Crippen molar-refractivity contribution in [2.75, 3.05) is 19.7 Å². The molecule has 1 heterocycles. The van der Waals surface area contributed by atoms with Gasteiger partial charge in [-0.1, -0.05) is 20.8 Å². The highest BCUT2D eigenvalue weighted by Crippen LogP contribution is 2.17. The molecule has 1 saturated heterocycles. The molecule has 0 spiro atoms. The summed E-state index contributed by atoms with van der Waals surface area (Å²) in [6.45, 7) is 9.97. The normalized spacial score (nSPS) is 23.8. The zero-order valence-electron chi connectivity index (χ0n) is 9.94. The lowest BCUT2D eigenvalue weighted by Crippen LogP contribution is -2.33. The largest absolute Gasteiger partial charge is 0.377 e. The summed E-state index contributed by atoms with van der Waals surface area (Å²) in [4.78, 5) is 0. The van der Waals surface area contributed by atoms with E-state index in [1.807, 2.05) is 0 Å². The Morgan fingerprint density at radius 3 is 2.64 bits per heavy atom. The van der Waals surface area contributed by atoms with E-state index in [2.05, 4.69) is 26.1 Å². The lowest BCUT2D eigenvalue weighted by molar-refractivity contribution is 0.0167. The van der Waals surface area contributed by atoms with E-state index >= 15 is 0 Å². The molecule has 0 aromatic rings. The first-order valence-electron chi connectivity index (χ1n) is 5.90. The van der Waals surface area contributed by atoms with Crippen LogP contribution in [-0.2, 0) is 4.74 Å². The summed E-state index contributed by atoms with van der Waals surface area (Å²) in [6.07, 6.45) is 5.54. The molecule has 0 aliphatic carbocycles. The third kappa shape index (κ3) is 5.61. The van der Waals surface area contributed by atoms with Gasteiger partial charge in [0.25, 0.3) is 0 Å². The number of hydrogen-bond donors (Lipinski definition) is 1. The maximum atomic E-state index is 5.65. The first-order chi connectivity index (χ1) is 6.58. The van der Waals surface area contributed by atoms with Crippen LogP contribution in [-0.4, -0.2) is 25.8 Å². The van der Waals surface area contributed by atoms with Gasteiger partial charge >= 0.3 is 0 Å². The van der Waals surface area contributed by atoms with Crippen molar-refractivity contribution in [2.24, 2.45) is 5.41 Å². The minimum absolute atomic E-state index is 0.445. The summed E-state index contributed by atoms with van der Waals surface area (Å²) >= 11 is 0. The van der Waals surface area contributed by atoms with E-state index < -0.39 is 0 Å². The second-order valence-corrected chi connectivity index (χ2v) is 5.50. The molecule has 1 rings (SSSR count). The zero-order valence-corrected chi connectivity index (χ0v) is 9.94. The van der Waals surface area contributed by atoms with Gasteiger partial charge in [-0.05, 0) is 37.6 Å². The molecule has 1 atom stereocenters. The Kier molecular flexibility index (Phi) is 4.90. The fourth-order valence-electron chi connectivity index (χ4n) is 1.69. The molecule has 2 nitrogen and oxygen atoms in total. The summed E-state index contributed by atoms with van der Waals surface area (Å²) in [6, 6.07) is 0. The topological polar surface area (TPSA) is 21.3 Å². The Bertz CT molecular complexity index is 145. The Hall–Kier alpha value is -0.0800. The number of hydrogen-bond acceptors (Lipinski definition) is 2. The van der Waals surface area contributed by atoms with Crippen LogP contribution in [0.3, 0.4) is 0 Å². The first-order valence-corrected chi connectivity index (χ1v) is 5.90. The van der Waals surface area contributed by atoms with Gasteiger partial charge in [0.2, 0.25) is 0 Å². The third-order valence-corrected chi connectivity index (χ3v) is 2.70. The van der Waals surface area contributed by atoms with E-state index in [1.165, 1.54) is 25.7 Å². The number of nitrogens with one attached hydrogen (secondary N) is 1. The lowest BCUT2D eigenvalue weighted by atomic mass is 9.92. The molecule has 0 aromatic heterocycles. The first kappa shape index (κ1) is 12.0. The van der Waals surface area contributed by atoms with Crippen LogP contribution < -0.4 is 5.32 Å². The lowest BCUT2D eigenvalue weighted by Gasteiger charge is -2.24. The van der Waals surface area contributed by atoms with Gasteiger partial charge in [0.15, 0.2) is 0 Å². The van der Waals surface area contributed by atoms with Gasteiger partial charge in [0, 0.05) is 13.2 Å². The average Bonchev–Trinajstić information content (AvgIpc) is 2.13. The van der Waals surface area contributed by atoms with Crippen LogP contribution in [0.4, 0.5) is 0 Å². The van der Waals surface area contributed by atoms with Crippen LogP contribution in [0, 0.1) is 5.41 Å². The molecular formula is C12H25NO. The maximum absolute atomic E-state index is 5.65. The second-order valence-electron chi connectivity index (χ2n) is 5.50. The smallest absolute Gasteiger partial charge is 0.0699 e. The third-order valence-electron chi connectivity index (χ3n) is 2.70. The molecule has 2 heteroatoms. The molecule has 1 aliphatic rings. The molecule has 0 bridgehead atoms. The van der Waals surface area contributed by atoms with Crippen LogP contribution in [0.1, 0.15) is 46.5 Å². The monoisotopic (exact) mass is 199 g/mol. The van der Waals surface area contributed by atoms with Gasteiger partial charge in [-0.15, -0.1) is 0 Å². The van der Waals surface area contributed by atoms with Gasteiger partial charge in [-0.3, -0.25) is 0 Å². The van der Waals surface area contributed by atoms with Gasteiger partial charge in [0.1, 0.15) is 0 Å². The molecule has 1 N–H and O–H groups in total. The highest BCUT2D eigenvalue weighted by atomic mass is 16.5. The predicted octanol–water partition coefficient (Wildman–Crippen LogP) is 2.58. The van der Waals surface area contributed by atoms with Crippen molar-refractivity contribution in [1.29, 1.82) is 0 Å². The summed E-state index contributed by atoms with van der Waals surface area (Å²) in [5.74, 6) is 0. The van der Waals surface area contributed by atoms with Crippen LogP contribution in [0.5, 0.6) is 0 Å². The summed E-state index contributed by atoms with van der Waals surface area (Å²) < 4.78 is 5.65.